The highest BCUT2D eigenvalue weighted by molar-refractivity contribution is 5.30. The molecule has 0 amide bonds. The van der Waals surface area contributed by atoms with Crippen LogP contribution in [0.1, 0.15) is 50.3 Å². The molecule has 0 radical (unpaired) electrons. The van der Waals surface area contributed by atoms with Crippen LogP contribution in [0.25, 0.3) is 0 Å². The molecule has 1 nitrogen and oxygen atoms in total. The topological polar surface area (TPSA) is 12.0 Å². The summed E-state index contributed by atoms with van der Waals surface area (Å²) in [5, 5.41) is 3.66. The largest absolute Gasteiger partial charge is 0.313 e. The van der Waals surface area contributed by atoms with E-state index in [-0.39, 0.29) is 0 Å². The van der Waals surface area contributed by atoms with Crippen molar-refractivity contribution in [1.29, 1.82) is 0 Å². The molecule has 0 aromatic heterocycles. The fraction of sp³-hybridized carbons (Fsp3) is 0.700. The van der Waals surface area contributed by atoms with Gasteiger partial charge in [0.1, 0.15) is 0 Å². The second-order valence-corrected chi connectivity index (χ2v) is 8.17. The first-order valence-corrected chi connectivity index (χ1v) is 8.95. The maximum absolute atomic E-state index is 3.66. The average molecular weight is 283 g/mol. The predicted molar refractivity (Wildman–Crippen MR) is 88.1 cm³/mol. The summed E-state index contributed by atoms with van der Waals surface area (Å²) in [6.45, 7) is 4.62. The van der Waals surface area contributed by atoms with Gasteiger partial charge in [0.25, 0.3) is 0 Å². The molecule has 3 fully saturated rings. The summed E-state index contributed by atoms with van der Waals surface area (Å²) in [6.07, 6.45) is 5.79. The van der Waals surface area contributed by atoms with Crippen molar-refractivity contribution >= 4 is 0 Å². The van der Waals surface area contributed by atoms with Gasteiger partial charge >= 0.3 is 0 Å². The van der Waals surface area contributed by atoms with E-state index in [0.29, 0.717) is 6.04 Å². The van der Waals surface area contributed by atoms with Crippen LogP contribution in [0.3, 0.4) is 0 Å². The molecule has 3 aliphatic carbocycles. The molecule has 0 aliphatic heterocycles. The first-order valence-electron chi connectivity index (χ1n) is 8.95. The molecule has 1 aromatic rings. The van der Waals surface area contributed by atoms with Crippen LogP contribution in [-0.2, 0) is 6.42 Å². The lowest BCUT2D eigenvalue weighted by Crippen LogP contribution is -2.22. The molecule has 3 saturated carbocycles. The SMILES string of the molecule is CNC(c1cccc(CC(C)C)c1)C1C2C3CCC(C3)C21. The van der Waals surface area contributed by atoms with E-state index in [4.69, 9.17) is 0 Å². The Hall–Kier alpha value is -0.820. The molecule has 5 unspecified atom stereocenters. The van der Waals surface area contributed by atoms with E-state index < -0.39 is 0 Å². The molecule has 1 aromatic carbocycles. The van der Waals surface area contributed by atoms with Gasteiger partial charge in [-0.25, -0.2) is 0 Å². The molecule has 1 N–H and O–H groups in total. The lowest BCUT2D eigenvalue weighted by Gasteiger charge is -2.21. The van der Waals surface area contributed by atoms with Crippen LogP contribution >= 0.6 is 0 Å². The molecule has 4 rings (SSSR count). The molecule has 2 bridgehead atoms. The van der Waals surface area contributed by atoms with Gasteiger partial charge in [0.05, 0.1) is 0 Å². The zero-order valence-electron chi connectivity index (χ0n) is 13.7. The standard InChI is InChI=1S/C20H29N/c1-12(2)9-13-5-4-6-16(10-13)20(21-3)19-17-14-7-8-15(11-14)18(17)19/h4-6,10,12,14-15,17-21H,7-9,11H2,1-3H3. The molecular formula is C20H29N. The summed E-state index contributed by atoms with van der Waals surface area (Å²) >= 11 is 0. The molecule has 5 atom stereocenters. The minimum absolute atomic E-state index is 0.593. The third-order valence-corrected chi connectivity index (χ3v) is 6.44. The predicted octanol–water partition coefficient (Wildman–Crippen LogP) is 4.44. The highest BCUT2D eigenvalue weighted by Gasteiger charge is 2.66. The van der Waals surface area contributed by atoms with E-state index in [9.17, 15) is 0 Å². The fourth-order valence-corrected chi connectivity index (χ4v) is 5.80. The highest BCUT2D eigenvalue weighted by Crippen LogP contribution is 2.72. The van der Waals surface area contributed by atoms with Gasteiger partial charge in [-0.1, -0.05) is 38.1 Å². The molecule has 0 saturated heterocycles. The second kappa shape index (κ2) is 5.12. The minimum atomic E-state index is 0.593. The number of nitrogens with one attached hydrogen (secondary N) is 1. The monoisotopic (exact) mass is 283 g/mol. The first-order chi connectivity index (χ1) is 10.2. The molecule has 0 heterocycles. The van der Waals surface area contributed by atoms with Crippen LogP contribution in [0.2, 0.25) is 0 Å². The third-order valence-electron chi connectivity index (χ3n) is 6.44. The van der Waals surface area contributed by atoms with Crippen LogP contribution in [0.5, 0.6) is 0 Å². The van der Waals surface area contributed by atoms with Crippen LogP contribution < -0.4 is 5.32 Å². The van der Waals surface area contributed by atoms with Gasteiger partial charge in [0.2, 0.25) is 0 Å². The summed E-state index contributed by atoms with van der Waals surface area (Å²) in [6, 6.07) is 9.98. The van der Waals surface area contributed by atoms with E-state index >= 15 is 0 Å². The van der Waals surface area contributed by atoms with Crippen molar-refractivity contribution < 1.29 is 0 Å². The van der Waals surface area contributed by atoms with Gasteiger partial charge in [-0.2, -0.15) is 0 Å². The Morgan fingerprint density at radius 1 is 1.14 bits per heavy atom. The maximum atomic E-state index is 3.66. The van der Waals surface area contributed by atoms with Crippen molar-refractivity contribution in [2.45, 2.75) is 45.6 Å². The van der Waals surface area contributed by atoms with Crippen molar-refractivity contribution in [3.05, 3.63) is 35.4 Å². The van der Waals surface area contributed by atoms with E-state index in [1.165, 1.54) is 30.4 Å². The Balaban J connectivity index is 1.54. The van der Waals surface area contributed by atoms with Gasteiger partial charge in [0.15, 0.2) is 0 Å². The minimum Gasteiger partial charge on any atom is -0.313 e. The number of benzene rings is 1. The van der Waals surface area contributed by atoms with E-state index in [1.54, 1.807) is 6.42 Å². The van der Waals surface area contributed by atoms with E-state index in [2.05, 4.69) is 50.5 Å². The highest BCUT2D eigenvalue weighted by atomic mass is 14.9. The number of fused-ring (bicyclic) bond motifs is 5. The second-order valence-electron chi connectivity index (χ2n) is 8.17. The summed E-state index contributed by atoms with van der Waals surface area (Å²) in [5.74, 6) is 5.91. The Morgan fingerprint density at radius 2 is 1.86 bits per heavy atom. The van der Waals surface area contributed by atoms with Crippen molar-refractivity contribution in [2.75, 3.05) is 7.05 Å². The third kappa shape index (κ3) is 2.25. The van der Waals surface area contributed by atoms with Crippen LogP contribution in [0, 0.1) is 35.5 Å². The number of hydrogen-bond acceptors (Lipinski definition) is 1. The quantitative estimate of drug-likeness (QED) is 0.842. The molecule has 21 heavy (non-hydrogen) atoms. The Morgan fingerprint density at radius 3 is 2.48 bits per heavy atom. The maximum Gasteiger partial charge on any atom is 0.0351 e. The fourth-order valence-electron chi connectivity index (χ4n) is 5.80. The van der Waals surface area contributed by atoms with Crippen molar-refractivity contribution in [1.82, 2.24) is 5.32 Å². The van der Waals surface area contributed by atoms with Crippen LogP contribution in [0.4, 0.5) is 0 Å². The lowest BCUT2D eigenvalue weighted by molar-refractivity contribution is 0.385. The summed E-state index contributed by atoms with van der Waals surface area (Å²) in [7, 11) is 2.16. The average Bonchev–Trinajstić information content (AvgIpc) is 2.88. The Kier molecular flexibility index (Phi) is 3.37. The normalized spacial score (nSPS) is 37.8. The molecule has 114 valence electrons. The van der Waals surface area contributed by atoms with Gasteiger partial charge in [-0.05, 0) is 79.4 Å². The zero-order valence-corrected chi connectivity index (χ0v) is 13.7. The van der Waals surface area contributed by atoms with Gasteiger partial charge in [-0.15, -0.1) is 0 Å². The van der Waals surface area contributed by atoms with Crippen LogP contribution in [0.15, 0.2) is 24.3 Å². The van der Waals surface area contributed by atoms with E-state index in [1.807, 2.05) is 0 Å². The molecule has 3 aliphatic rings. The van der Waals surface area contributed by atoms with Crippen molar-refractivity contribution in [2.24, 2.45) is 35.5 Å². The molecular weight excluding hydrogens is 254 g/mol. The number of rotatable bonds is 5. The lowest BCUT2D eigenvalue weighted by atomic mass is 9.91. The van der Waals surface area contributed by atoms with Crippen molar-refractivity contribution in [3.8, 4) is 0 Å². The first kappa shape index (κ1) is 13.8. The molecule has 1 heteroatoms. The Labute approximate surface area is 129 Å². The van der Waals surface area contributed by atoms with Gasteiger partial charge in [0, 0.05) is 6.04 Å². The zero-order chi connectivity index (χ0) is 14.6. The van der Waals surface area contributed by atoms with Crippen molar-refractivity contribution in [3.63, 3.8) is 0 Å². The summed E-state index contributed by atoms with van der Waals surface area (Å²) in [4.78, 5) is 0. The number of hydrogen-bond donors (Lipinski definition) is 1. The Bertz CT molecular complexity index is 504. The van der Waals surface area contributed by atoms with E-state index in [0.717, 1.165) is 35.5 Å². The molecule has 0 spiro atoms. The van der Waals surface area contributed by atoms with Gasteiger partial charge < -0.3 is 5.32 Å². The summed E-state index contributed by atoms with van der Waals surface area (Å²) < 4.78 is 0. The summed E-state index contributed by atoms with van der Waals surface area (Å²) in [5.41, 5.74) is 3.05. The smallest absolute Gasteiger partial charge is 0.0351 e. The van der Waals surface area contributed by atoms with Crippen LogP contribution in [-0.4, -0.2) is 7.05 Å². The van der Waals surface area contributed by atoms with Gasteiger partial charge in [-0.3, -0.25) is 0 Å².